The number of hydrogen-bond donors (Lipinski definition) is 6. The van der Waals surface area contributed by atoms with E-state index in [1.54, 1.807) is 0 Å². The molecule has 2 aliphatic heterocycles. The van der Waals surface area contributed by atoms with Crippen LogP contribution in [0.5, 0.6) is 0 Å². The molecule has 0 aliphatic carbocycles. The van der Waals surface area contributed by atoms with Crippen molar-refractivity contribution < 1.29 is 34.9 Å². The van der Waals surface area contributed by atoms with Gasteiger partial charge >= 0.3 is 17.9 Å². The first-order valence-electron chi connectivity index (χ1n) is 7.29. The van der Waals surface area contributed by atoms with Gasteiger partial charge in [0.1, 0.15) is 18.1 Å². The molecule has 7 N–H and O–H groups in total. The minimum Gasteiger partial charge on any atom is -0.480 e. The number of carbonyl (C=O) groups is 3. The van der Waals surface area contributed by atoms with Crippen LogP contribution in [0.3, 0.4) is 0 Å². The monoisotopic (exact) mass is 335 g/mol. The number of nitrogens with zero attached hydrogens (tertiary/aromatic N) is 1. The van der Waals surface area contributed by atoms with Crippen molar-refractivity contribution in [2.45, 2.75) is 50.7 Å². The summed E-state index contributed by atoms with van der Waals surface area (Å²) < 4.78 is 0. The van der Waals surface area contributed by atoms with Gasteiger partial charge in [0.15, 0.2) is 0 Å². The van der Waals surface area contributed by atoms with E-state index in [4.69, 9.17) is 26.3 Å². The highest BCUT2D eigenvalue weighted by Gasteiger charge is 2.28. The fraction of sp³-hybridized carbons (Fsp3) is 0.769. The molecular formula is C13H25N3O7. The molecule has 3 unspecified atom stereocenters. The smallest absolute Gasteiger partial charge is 0.323 e. The van der Waals surface area contributed by atoms with E-state index in [1.807, 2.05) is 0 Å². The maximum atomic E-state index is 10.2. The zero-order valence-corrected chi connectivity index (χ0v) is 13.0. The fourth-order valence-corrected chi connectivity index (χ4v) is 1.90. The summed E-state index contributed by atoms with van der Waals surface area (Å²) in [5.41, 5.74) is 4.84. The van der Waals surface area contributed by atoms with E-state index < -0.39 is 30.0 Å². The largest absolute Gasteiger partial charge is 0.480 e. The van der Waals surface area contributed by atoms with Crippen LogP contribution < -0.4 is 11.1 Å². The topological polar surface area (TPSA) is 173 Å². The number of nitrogens with two attached hydrogens (primary N) is 1. The van der Waals surface area contributed by atoms with E-state index in [0.717, 1.165) is 30.9 Å². The molecule has 23 heavy (non-hydrogen) atoms. The molecule has 10 heteroatoms. The highest BCUT2D eigenvalue weighted by molar-refractivity contribution is 5.74. The van der Waals surface area contributed by atoms with Gasteiger partial charge < -0.3 is 31.6 Å². The van der Waals surface area contributed by atoms with Crippen LogP contribution in [0.1, 0.15) is 32.6 Å². The molecule has 0 aromatic carbocycles. The SMILES string of the molecule is CC(N)C(=O)O.O=C(O)C1CCCN1.O=C(O)C1CCCN1O. The Hall–Kier alpha value is -1.75. The molecule has 3 atom stereocenters. The molecule has 0 saturated carbocycles. The molecule has 10 nitrogen and oxygen atoms in total. The van der Waals surface area contributed by atoms with Gasteiger partial charge in [-0.3, -0.25) is 14.4 Å². The van der Waals surface area contributed by atoms with E-state index in [2.05, 4.69) is 5.32 Å². The van der Waals surface area contributed by atoms with Crippen LogP contribution in [0.4, 0.5) is 0 Å². The predicted octanol–water partition coefficient (Wildman–Crippen LogP) is -0.834. The van der Waals surface area contributed by atoms with Gasteiger partial charge in [-0.15, -0.1) is 0 Å². The van der Waals surface area contributed by atoms with Gasteiger partial charge in [0.2, 0.25) is 0 Å². The Morgan fingerprint density at radius 2 is 1.70 bits per heavy atom. The number of hydrogen-bond acceptors (Lipinski definition) is 7. The van der Waals surface area contributed by atoms with E-state index >= 15 is 0 Å². The minimum atomic E-state index is -0.963. The van der Waals surface area contributed by atoms with Gasteiger partial charge in [0, 0.05) is 6.54 Å². The van der Waals surface area contributed by atoms with Crippen LogP contribution in [-0.4, -0.2) is 74.7 Å². The average Bonchev–Trinajstić information content (AvgIpc) is 3.10. The second kappa shape index (κ2) is 10.9. The molecule has 0 bridgehead atoms. The first-order chi connectivity index (χ1) is 10.7. The van der Waals surface area contributed by atoms with Crippen LogP contribution in [0.25, 0.3) is 0 Å². The molecule has 2 fully saturated rings. The lowest BCUT2D eigenvalue weighted by Crippen LogP contribution is -2.32. The summed E-state index contributed by atoms with van der Waals surface area (Å²) in [5, 5.41) is 37.1. The lowest BCUT2D eigenvalue weighted by Gasteiger charge is -2.11. The van der Waals surface area contributed by atoms with Gasteiger partial charge in [0.05, 0.1) is 0 Å². The number of aliphatic carboxylic acids is 3. The Bertz CT molecular complexity index is 397. The molecule has 0 spiro atoms. The Morgan fingerprint density at radius 1 is 1.13 bits per heavy atom. The Kier molecular flexibility index (Phi) is 10.1. The molecule has 134 valence electrons. The van der Waals surface area contributed by atoms with Gasteiger partial charge in [-0.2, -0.15) is 5.06 Å². The van der Waals surface area contributed by atoms with Crippen molar-refractivity contribution >= 4 is 17.9 Å². The summed E-state index contributed by atoms with van der Waals surface area (Å²) in [6.45, 7) is 2.76. The van der Waals surface area contributed by atoms with Crippen LogP contribution in [0.15, 0.2) is 0 Å². The van der Waals surface area contributed by atoms with Crippen LogP contribution in [-0.2, 0) is 14.4 Å². The zero-order valence-electron chi connectivity index (χ0n) is 13.0. The summed E-state index contributed by atoms with van der Waals surface area (Å²) in [4.78, 5) is 29.9. The quantitative estimate of drug-likeness (QED) is 0.382. The molecule has 2 heterocycles. The number of rotatable bonds is 3. The lowest BCUT2D eigenvalue weighted by molar-refractivity contribution is -0.161. The second-order valence-electron chi connectivity index (χ2n) is 5.27. The Labute approximate surface area is 133 Å². The third-order valence-corrected chi connectivity index (χ3v) is 3.26. The highest BCUT2D eigenvalue weighted by Crippen LogP contribution is 2.13. The van der Waals surface area contributed by atoms with Crippen molar-refractivity contribution in [3.63, 3.8) is 0 Å². The van der Waals surface area contributed by atoms with Gasteiger partial charge in [-0.25, -0.2) is 0 Å². The highest BCUT2D eigenvalue weighted by atomic mass is 16.5. The van der Waals surface area contributed by atoms with E-state index in [-0.39, 0.29) is 6.04 Å². The second-order valence-corrected chi connectivity index (χ2v) is 5.27. The standard InChI is InChI=1S/C5H9NO3.C5H9NO2.C3H7NO2/c7-5(8)4-2-1-3-6(4)9;7-5(8)4-2-1-3-6-4;1-2(4)3(5)6/h4,9H,1-3H2,(H,7,8);4,6H,1-3H2,(H,7,8);2H,4H2,1H3,(H,5,6). The molecule has 2 rings (SSSR count). The van der Waals surface area contributed by atoms with Crippen LogP contribution in [0.2, 0.25) is 0 Å². The van der Waals surface area contributed by atoms with Gasteiger partial charge in [0.25, 0.3) is 0 Å². The summed E-state index contributed by atoms with van der Waals surface area (Å²) >= 11 is 0. The first-order valence-corrected chi connectivity index (χ1v) is 7.29. The molecule has 2 aliphatic rings. The van der Waals surface area contributed by atoms with Crippen LogP contribution >= 0.6 is 0 Å². The van der Waals surface area contributed by atoms with E-state index in [1.165, 1.54) is 6.92 Å². The van der Waals surface area contributed by atoms with Gasteiger partial charge in [-0.05, 0) is 39.2 Å². The van der Waals surface area contributed by atoms with Crippen molar-refractivity contribution in [2.75, 3.05) is 13.1 Å². The summed E-state index contributed by atoms with van der Waals surface area (Å²) in [6.07, 6.45) is 3.12. The minimum absolute atomic E-state index is 0.269. The van der Waals surface area contributed by atoms with Crippen molar-refractivity contribution in [3.05, 3.63) is 0 Å². The average molecular weight is 335 g/mol. The first kappa shape index (κ1) is 21.2. The molecule has 0 amide bonds. The molecular weight excluding hydrogens is 310 g/mol. The van der Waals surface area contributed by atoms with Crippen molar-refractivity contribution in [2.24, 2.45) is 5.73 Å². The van der Waals surface area contributed by atoms with Gasteiger partial charge in [-0.1, -0.05) is 0 Å². The summed E-state index contributed by atoms with van der Waals surface area (Å²) in [6, 6.07) is -1.66. The van der Waals surface area contributed by atoms with Crippen LogP contribution in [0, 0.1) is 0 Å². The Morgan fingerprint density at radius 3 is 1.87 bits per heavy atom. The third kappa shape index (κ3) is 9.08. The fourth-order valence-electron chi connectivity index (χ4n) is 1.90. The maximum Gasteiger partial charge on any atom is 0.323 e. The number of nitrogens with one attached hydrogen (secondary N) is 1. The normalized spacial score (nSPS) is 24.7. The molecule has 0 aromatic rings. The summed E-state index contributed by atoms with van der Waals surface area (Å²) in [5.74, 6) is -2.62. The number of carboxylic acids is 3. The van der Waals surface area contributed by atoms with E-state index in [0.29, 0.717) is 13.0 Å². The van der Waals surface area contributed by atoms with Crippen molar-refractivity contribution in [1.82, 2.24) is 10.4 Å². The Balaban J connectivity index is 0.000000323. The third-order valence-electron chi connectivity index (χ3n) is 3.26. The number of hydroxylamine groups is 2. The zero-order chi connectivity index (χ0) is 18.0. The lowest BCUT2D eigenvalue weighted by atomic mass is 10.2. The molecule has 2 saturated heterocycles. The maximum absolute atomic E-state index is 10.2. The molecule has 0 radical (unpaired) electrons. The van der Waals surface area contributed by atoms with Crippen molar-refractivity contribution in [1.29, 1.82) is 0 Å². The predicted molar refractivity (Wildman–Crippen MR) is 79.1 cm³/mol. The number of carboxylic acid groups (broad SMARTS) is 3. The van der Waals surface area contributed by atoms with Crippen molar-refractivity contribution in [3.8, 4) is 0 Å². The molecule has 0 aromatic heterocycles. The van der Waals surface area contributed by atoms with E-state index in [9.17, 15) is 14.4 Å². The summed E-state index contributed by atoms with van der Waals surface area (Å²) in [7, 11) is 0.